The van der Waals surface area contributed by atoms with Crippen LogP contribution in [0.5, 0.6) is 5.75 Å². The number of amides is 1. The fourth-order valence-corrected chi connectivity index (χ4v) is 6.41. The predicted molar refractivity (Wildman–Crippen MR) is 144 cm³/mol. The van der Waals surface area contributed by atoms with Crippen LogP contribution >= 0.6 is 11.3 Å². The molecule has 0 aliphatic rings. The Labute approximate surface area is 219 Å². The van der Waals surface area contributed by atoms with Crippen LogP contribution in [-0.4, -0.2) is 45.4 Å². The topological polar surface area (TPSA) is 102 Å². The van der Waals surface area contributed by atoms with Gasteiger partial charge in [0.05, 0.1) is 20.8 Å². The van der Waals surface area contributed by atoms with Crippen molar-refractivity contribution in [3.05, 3.63) is 88.8 Å². The average Bonchev–Trinajstić information content (AvgIpc) is 3.32. The Morgan fingerprint density at radius 3 is 2.43 bits per heavy atom. The van der Waals surface area contributed by atoms with Crippen molar-refractivity contribution in [1.29, 1.82) is 0 Å². The molecule has 8 nitrogen and oxygen atoms in total. The molecule has 0 bridgehead atoms. The van der Waals surface area contributed by atoms with Crippen molar-refractivity contribution in [2.45, 2.75) is 18.4 Å². The number of carbonyl (C=O) groups is 2. The van der Waals surface area contributed by atoms with Crippen LogP contribution in [0.3, 0.4) is 0 Å². The third-order valence-corrected chi connectivity index (χ3v) is 8.55. The first-order valence-electron chi connectivity index (χ1n) is 11.3. The molecule has 0 radical (unpaired) electrons. The first-order chi connectivity index (χ1) is 17.7. The lowest BCUT2D eigenvalue weighted by Gasteiger charge is -2.23. The number of ether oxygens (including phenoxy) is 2. The summed E-state index contributed by atoms with van der Waals surface area (Å²) in [5.74, 6) is -0.734. The minimum absolute atomic E-state index is 0.000254. The van der Waals surface area contributed by atoms with Crippen LogP contribution in [-0.2, 0) is 26.1 Å². The maximum atomic E-state index is 13.7. The molecule has 3 aromatic carbocycles. The molecule has 4 rings (SSSR count). The Bertz CT molecular complexity index is 1550. The number of carbonyl (C=O) groups excluding carboxylic acids is 2. The van der Waals surface area contributed by atoms with Gasteiger partial charge in [-0.1, -0.05) is 36.4 Å². The summed E-state index contributed by atoms with van der Waals surface area (Å²) in [5.41, 5.74) is 1.97. The Hall–Kier alpha value is -3.73. The average molecular weight is 539 g/mol. The van der Waals surface area contributed by atoms with E-state index in [0.717, 1.165) is 25.5 Å². The fraction of sp³-hybridized carbons (Fsp3) is 0.185. The van der Waals surface area contributed by atoms with Gasteiger partial charge in [-0.25, -0.2) is 13.2 Å². The van der Waals surface area contributed by atoms with Crippen LogP contribution in [0, 0.1) is 6.92 Å². The molecule has 1 heterocycles. The van der Waals surface area contributed by atoms with Crippen LogP contribution in [0.1, 0.15) is 20.8 Å². The van der Waals surface area contributed by atoms with E-state index >= 15 is 0 Å². The normalized spacial score (nSPS) is 11.5. The molecule has 37 heavy (non-hydrogen) atoms. The monoisotopic (exact) mass is 538 g/mol. The number of hydrogen-bond acceptors (Lipinski definition) is 7. The third kappa shape index (κ3) is 5.99. The highest BCUT2D eigenvalue weighted by molar-refractivity contribution is 7.89. The Balaban J connectivity index is 1.62. The number of rotatable bonds is 9. The number of sulfonamides is 1. The first kappa shape index (κ1) is 26.3. The summed E-state index contributed by atoms with van der Waals surface area (Å²) < 4.78 is 39.6. The summed E-state index contributed by atoms with van der Waals surface area (Å²) in [6.07, 6.45) is 0. The number of anilines is 1. The van der Waals surface area contributed by atoms with Crippen molar-refractivity contribution in [2.75, 3.05) is 26.1 Å². The maximum absolute atomic E-state index is 13.7. The Morgan fingerprint density at radius 2 is 1.73 bits per heavy atom. The first-order valence-corrected chi connectivity index (χ1v) is 13.6. The second kappa shape index (κ2) is 11.1. The molecule has 0 saturated heterocycles. The van der Waals surface area contributed by atoms with Gasteiger partial charge >= 0.3 is 5.97 Å². The Kier molecular flexibility index (Phi) is 7.91. The molecule has 0 unspecified atom stereocenters. The summed E-state index contributed by atoms with van der Waals surface area (Å²) >= 11 is 1.29. The molecule has 10 heteroatoms. The maximum Gasteiger partial charge on any atom is 0.348 e. The van der Waals surface area contributed by atoms with Crippen molar-refractivity contribution in [1.82, 2.24) is 4.31 Å². The van der Waals surface area contributed by atoms with E-state index in [1.807, 2.05) is 18.2 Å². The van der Waals surface area contributed by atoms with E-state index in [-0.39, 0.29) is 17.2 Å². The molecule has 1 N–H and O–H groups in total. The molecular weight excluding hydrogens is 512 g/mol. The van der Waals surface area contributed by atoms with Crippen LogP contribution in [0.2, 0.25) is 0 Å². The summed E-state index contributed by atoms with van der Waals surface area (Å²) in [6, 6.07) is 20.9. The van der Waals surface area contributed by atoms with E-state index < -0.39 is 28.4 Å². The number of aryl methyl sites for hydroxylation is 1. The lowest BCUT2D eigenvalue weighted by molar-refractivity contribution is -0.116. The number of thiophene rings is 1. The van der Waals surface area contributed by atoms with Gasteiger partial charge in [0.25, 0.3) is 0 Å². The van der Waals surface area contributed by atoms with Gasteiger partial charge in [0.15, 0.2) is 0 Å². The van der Waals surface area contributed by atoms with Gasteiger partial charge in [-0.05, 0) is 59.8 Å². The molecule has 0 aliphatic carbocycles. The molecule has 0 aliphatic heterocycles. The van der Waals surface area contributed by atoms with Crippen LogP contribution in [0.15, 0.2) is 77.7 Å². The summed E-state index contributed by atoms with van der Waals surface area (Å²) in [6.45, 7) is 1.38. The van der Waals surface area contributed by atoms with Gasteiger partial charge in [-0.3, -0.25) is 4.79 Å². The van der Waals surface area contributed by atoms with Crippen molar-refractivity contribution < 1.29 is 27.5 Å². The molecular formula is C27H26N2O6S2. The molecule has 0 atom stereocenters. The zero-order chi connectivity index (χ0) is 26.6. The quantitative estimate of drug-likeness (QED) is 0.306. The molecule has 0 saturated carbocycles. The summed E-state index contributed by atoms with van der Waals surface area (Å²) in [4.78, 5) is 25.4. The Morgan fingerprint density at radius 1 is 0.973 bits per heavy atom. The van der Waals surface area contributed by atoms with E-state index in [2.05, 4.69) is 5.32 Å². The van der Waals surface area contributed by atoms with Gasteiger partial charge in [0.2, 0.25) is 15.9 Å². The van der Waals surface area contributed by atoms with Crippen LogP contribution in [0.25, 0.3) is 10.1 Å². The van der Waals surface area contributed by atoms with Gasteiger partial charge in [-0.15, -0.1) is 11.3 Å². The highest BCUT2D eigenvalue weighted by atomic mass is 32.2. The summed E-state index contributed by atoms with van der Waals surface area (Å²) in [7, 11) is -1.37. The number of methoxy groups -OCH3 is 2. The number of hydrogen-bond donors (Lipinski definition) is 1. The third-order valence-electron chi connectivity index (χ3n) is 5.65. The lowest BCUT2D eigenvalue weighted by atomic mass is 10.2. The molecule has 1 aromatic heterocycles. The standard InChI is InChI=1S/C27H26N2O6S2/c1-18-9-11-22(34-2)25(13-18)37(32,33)29(16-19-7-5-4-6-8-19)17-26(30)28-21-10-12-23-20(14-21)15-24(36-23)27(31)35-3/h4-15H,16-17H2,1-3H3,(H,28,30). The van der Waals surface area contributed by atoms with Crippen molar-refractivity contribution >= 4 is 49.0 Å². The van der Waals surface area contributed by atoms with Crippen molar-refractivity contribution in [2.24, 2.45) is 0 Å². The van der Waals surface area contributed by atoms with Crippen molar-refractivity contribution in [3.8, 4) is 5.75 Å². The summed E-state index contributed by atoms with van der Waals surface area (Å²) in [5, 5.41) is 3.54. The van der Waals surface area contributed by atoms with Crippen LogP contribution < -0.4 is 10.1 Å². The molecule has 4 aromatic rings. The molecule has 1 amide bonds. The number of esters is 1. The predicted octanol–water partition coefficient (Wildman–Crippen LogP) is 4.83. The zero-order valence-corrected chi connectivity index (χ0v) is 22.2. The van der Waals surface area contributed by atoms with E-state index in [0.29, 0.717) is 10.6 Å². The van der Waals surface area contributed by atoms with Gasteiger partial charge in [0.1, 0.15) is 15.5 Å². The number of nitrogens with one attached hydrogen (secondary N) is 1. The van der Waals surface area contributed by atoms with E-state index in [1.165, 1.54) is 31.6 Å². The zero-order valence-electron chi connectivity index (χ0n) is 20.6. The fourth-order valence-electron chi connectivity index (χ4n) is 3.82. The van der Waals surface area contributed by atoms with E-state index in [9.17, 15) is 18.0 Å². The van der Waals surface area contributed by atoms with Gasteiger partial charge < -0.3 is 14.8 Å². The van der Waals surface area contributed by atoms with Gasteiger partial charge in [0, 0.05) is 16.9 Å². The van der Waals surface area contributed by atoms with Crippen LogP contribution in [0.4, 0.5) is 5.69 Å². The lowest BCUT2D eigenvalue weighted by Crippen LogP contribution is -2.37. The number of nitrogens with zero attached hydrogens (tertiary/aromatic N) is 1. The van der Waals surface area contributed by atoms with E-state index in [1.54, 1.807) is 55.5 Å². The number of benzene rings is 3. The SMILES string of the molecule is COC(=O)c1cc2cc(NC(=O)CN(Cc3ccccc3)S(=O)(=O)c3cc(C)ccc3OC)ccc2s1. The smallest absolute Gasteiger partial charge is 0.348 e. The van der Waals surface area contributed by atoms with Crippen molar-refractivity contribution in [3.63, 3.8) is 0 Å². The second-order valence-corrected chi connectivity index (χ2v) is 11.3. The molecule has 0 fully saturated rings. The second-order valence-electron chi connectivity index (χ2n) is 8.32. The largest absolute Gasteiger partial charge is 0.495 e. The molecule has 192 valence electrons. The van der Waals surface area contributed by atoms with Gasteiger partial charge in [-0.2, -0.15) is 4.31 Å². The molecule has 0 spiro atoms. The minimum Gasteiger partial charge on any atom is -0.495 e. The van der Waals surface area contributed by atoms with E-state index in [4.69, 9.17) is 9.47 Å². The minimum atomic E-state index is -4.10. The highest BCUT2D eigenvalue weighted by Gasteiger charge is 2.30. The number of fused-ring (bicyclic) bond motifs is 1. The highest BCUT2D eigenvalue weighted by Crippen LogP contribution is 2.30.